The van der Waals surface area contributed by atoms with Gasteiger partial charge in [0, 0.05) is 0 Å². The van der Waals surface area contributed by atoms with Crippen LogP contribution in [0.4, 0.5) is 0 Å². The number of aliphatic carboxylic acids is 1. The highest BCUT2D eigenvalue weighted by Crippen LogP contribution is 2.54. The van der Waals surface area contributed by atoms with Crippen LogP contribution >= 0.6 is 0 Å². The van der Waals surface area contributed by atoms with Crippen LogP contribution in [0.3, 0.4) is 0 Å². The molecule has 0 saturated heterocycles. The average Bonchev–Trinajstić information content (AvgIpc) is 2.59. The van der Waals surface area contributed by atoms with Crippen LogP contribution < -0.4 is 0 Å². The first-order chi connectivity index (χ1) is 13.1. The number of carbonyl (C=O) groups excluding carboxylic acids is 1. The summed E-state index contributed by atoms with van der Waals surface area (Å²) in [5.74, 6) is -0.480. The van der Waals surface area contributed by atoms with Gasteiger partial charge < -0.3 is 9.84 Å². The highest BCUT2D eigenvalue weighted by molar-refractivity contribution is 5.87. The van der Waals surface area contributed by atoms with Gasteiger partial charge in [-0.25, -0.2) is 0 Å². The second-order valence-electron chi connectivity index (χ2n) is 9.29. The lowest BCUT2D eigenvalue weighted by Crippen LogP contribution is -2.54. The highest BCUT2D eigenvalue weighted by atomic mass is 16.5. The van der Waals surface area contributed by atoms with E-state index >= 15 is 0 Å². The van der Waals surface area contributed by atoms with Crippen LogP contribution in [-0.4, -0.2) is 23.1 Å². The molecule has 0 amide bonds. The van der Waals surface area contributed by atoms with E-state index in [1.54, 1.807) is 0 Å². The summed E-state index contributed by atoms with van der Waals surface area (Å²) in [4.78, 5) is 26.4. The molecule has 0 heterocycles. The molecular formula is C24H46O4. The van der Waals surface area contributed by atoms with Gasteiger partial charge in [0.05, 0.1) is 10.8 Å². The van der Waals surface area contributed by atoms with E-state index in [1.165, 1.54) is 0 Å². The van der Waals surface area contributed by atoms with Crippen molar-refractivity contribution in [3.8, 4) is 0 Å². The first kappa shape index (κ1) is 26.9. The Labute approximate surface area is 173 Å². The zero-order valence-corrected chi connectivity index (χ0v) is 19.8. The maximum absolute atomic E-state index is 13.8. The summed E-state index contributed by atoms with van der Waals surface area (Å²) in [5, 5.41) is 10.4. The third-order valence-electron chi connectivity index (χ3n) is 6.13. The number of esters is 1. The van der Waals surface area contributed by atoms with Gasteiger partial charge in [-0.15, -0.1) is 0 Å². The summed E-state index contributed by atoms with van der Waals surface area (Å²) in [6.07, 6.45) is 5.83. The molecule has 0 saturated carbocycles. The number of carboxylic acids is 1. The minimum absolute atomic E-state index is 0.171. The van der Waals surface area contributed by atoms with E-state index < -0.39 is 16.8 Å². The molecule has 166 valence electrons. The molecule has 1 atom stereocenters. The van der Waals surface area contributed by atoms with E-state index in [0.29, 0.717) is 31.6 Å². The molecule has 0 fully saturated rings. The Morgan fingerprint density at radius 2 is 1.18 bits per heavy atom. The summed E-state index contributed by atoms with van der Waals surface area (Å²) in [7, 11) is 0. The second kappa shape index (κ2) is 12.5. The van der Waals surface area contributed by atoms with Crippen LogP contribution in [0.25, 0.3) is 0 Å². The minimum atomic E-state index is -1.06. The topological polar surface area (TPSA) is 63.6 Å². The lowest BCUT2D eigenvalue weighted by Gasteiger charge is -2.47. The monoisotopic (exact) mass is 398 g/mol. The zero-order chi connectivity index (χ0) is 22.0. The number of hydrogen-bond donors (Lipinski definition) is 1. The van der Waals surface area contributed by atoms with Gasteiger partial charge in [-0.05, 0) is 43.9 Å². The molecule has 0 aliphatic rings. The maximum atomic E-state index is 13.8. The smallest absolute Gasteiger partial charge is 0.313 e. The van der Waals surface area contributed by atoms with Crippen LogP contribution in [-0.2, 0) is 14.3 Å². The Morgan fingerprint density at radius 3 is 1.46 bits per heavy atom. The number of rotatable bonds is 15. The van der Waals surface area contributed by atoms with Crippen LogP contribution in [0.5, 0.6) is 0 Å². The fourth-order valence-corrected chi connectivity index (χ4v) is 4.90. The van der Waals surface area contributed by atoms with Crippen molar-refractivity contribution in [1.29, 1.82) is 0 Å². The summed E-state index contributed by atoms with van der Waals surface area (Å²) in [6, 6.07) is 0. The van der Waals surface area contributed by atoms with E-state index in [4.69, 9.17) is 4.74 Å². The summed E-state index contributed by atoms with van der Waals surface area (Å²) in [6.45, 7) is 16.5. The SMILES string of the molecule is CCCC(CCC)(C(=O)O)C(CCC)(CCC)C(=O)OC(CC(C)C)C(C)C. The number of hydrogen-bond acceptors (Lipinski definition) is 3. The summed E-state index contributed by atoms with van der Waals surface area (Å²) in [5.41, 5.74) is -2.02. The molecule has 4 heteroatoms. The summed E-state index contributed by atoms with van der Waals surface area (Å²) < 4.78 is 6.14. The van der Waals surface area contributed by atoms with Gasteiger partial charge in [-0.3, -0.25) is 9.59 Å². The predicted octanol–water partition coefficient (Wildman–Crippen LogP) is 6.86. The van der Waals surface area contributed by atoms with E-state index in [1.807, 2.05) is 27.7 Å². The van der Waals surface area contributed by atoms with Crippen LogP contribution in [0.2, 0.25) is 0 Å². The summed E-state index contributed by atoms with van der Waals surface area (Å²) >= 11 is 0. The van der Waals surface area contributed by atoms with E-state index in [2.05, 4.69) is 27.7 Å². The largest absolute Gasteiger partial charge is 0.481 e. The highest BCUT2D eigenvalue weighted by Gasteiger charge is 2.59. The molecule has 0 aliphatic carbocycles. The van der Waals surface area contributed by atoms with Crippen LogP contribution in [0.15, 0.2) is 0 Å². The molecule has 0 aromatic carbocycles. The molecule has 0 bridgehead atoms. The molecule has 0 aromatic heterocycles. The third-order valence-corrected chi connectivity index (χ3v) is 6.13. The molecule has 1 unspecified atom stereocenters. The molecule has 0 radical (unpaired) electrons. The van der Waals surface area contributed by atoms with Gasteiger partial charge in [0.25, 0.3) is 0 Å². The lowest BCUT2D eigenvalue weighted by atomic mass is 9.55. The normalized spacial score (nSPS) is 13.8. The molecule has 0 spiro atoms. The molecule has 0 aliphatic heterocycles. The molecule has 0 aromatic rings. The Hall–Kier alpha value is -1.06. The van der Waals surface area contributed by atoms with Crippen molar-refractivity contribution in [3.05, 3.63) is 0 Å². The van der Waals surface area contributed by atoms with Crippen molar-refractivity contribution >= 4 is 11.9 Å². The van der Waals surface area contributed by atoms with Crippen molar-refractivity contribution in [2.45, 2.75) is 119 Å². The second-order valence-corrected chi connectivity index (χ2v) is 9.29. The third kappa shape index (κ3) is 6.22. The van der Waals surface area contributed by atoms with E-state index in [0.717, 1.165) is 32.1 Å². The fraction of sp³-hybridized carbons (Fsp3) is 0.917. The zero-order valence-electron chi connectivity index (χ0n) is 19.8. The van der Waals surface area contributed by atoms with Gasteiger partial charge in [0.2, 0.25) is 0 Å². The van der Waals surface area contributed by atoms with E-state index in [-0.39, 0.29) is 18.0 Å². The standard InChI is InChI=1S/C24H46O4/c1-9-13-23(14-10-2,21(25)26)24(15-11-3,16-12-4)22(27)28-20(19(7)8)17-18(5)6/h18-20H,9-17H2,1-8H3,(H,25,26). The van der Waals surface area contributed by atoms with Crippen molar-refractivity contribution in [3.63, 3.8) is 0 Å². The number of carbonyl (C=O) groups is 2. The molecule has 1 N–H and O–H groups in total. The Balaban J connectivity index is 6.36. The number of ether oxygens (including phenoxy) is 1. The Kier molecular flexibility index (Phi) is 12.0. The van der Waals surface area contributed by atoms with Crippen LogP contribution in [0.1, 0.15) is 113 Å². The van der Waals surface area contributed by atoms with Crippen LogP contribution in [0, 0.1) is 22.7 Å². The lowest BCUT2D eigenvalue weighted by molar-refractivity contribution is -0.188. The van der Waals surface area contributed by atoms with Crippen molar-refractivity contribution in [2.24, 2.45) is 22.7 Å². The average molecular weight is 399 g/mol. The fourth-order valence-electron chi connectivity index (χ4n) is 4.90. The van der Waals surface area contributed by atoms with Crippen molar-refractivity contribution < 1.29 is 19.4 Å². The minimum Gasteiger partial charge on any atom is -0.481 e. The Morgan fingerprint density at radius 1 is 0.786 bits per heavy atom. The van der Waals surface area contributed by atoms with Gasteiger partial charge in [-0.2, -0.15) is 0 Å². The predicted molar refractivity (Wildman–Crippen MR) is 116 cm³/mol. The molecular weight excluding hydrogens is 352 g/mol. The molecule has 4 nitrogen and oxygen atoms in total. The molecule has 0 rings (SSSR count). The molecule has 28 heavy (non-hydrogen) atoms. The van der Waals surface area contributed by atoms with Gasteiger partial charge in [0.15, 0.2) is 0 Å². The maximum Gasteiger partial charge on any atom is 0.313 e. The van der Waals surface area contributed by atoms with Crippen molar-refractivity contribution in [2.75, 3.05) is 0 Å². The van der Waals surface area contributed by atoms with E-state index in [9.17, 15) is 14.7 Å². The van der Waals surface area contributed by atoms with Gasteiger partial charge in [-0.1, -0.05) is 81.1 Å². The van der Waals surface area contributed by atoms with Gasteiger partial charge >= 0.3 is 11.9 Å². The quantitative estimate of drug-likeness (QED) is 0.306. The first-order valence-corrected chi connectivity index (χ1v) is 11.5. The first-order valence-electron chi connectivity index (χ1n) is 11.5. The Bertz CT molecular complexity index is 455. The van der Waals surface area contributed by atoms with Gasteiger partial charge in [0.1, 0.15) is 6.10 Å². The number of carboxylic acid groups (broad SMARTS) is 1. The van der Waals surface area contributed by atoms with Crippen molar-refractivity contribution in [1.82, 2.24) is 0 Å².